The fourth-order valence-electron chi connectivity index (χ4n) is 2.12. The number of anilines is 1. The lowest BCUT2D eigenvalue weighted by Crippen LogP contribution is -2.11. The topological polar surface area (TPSA) is 121 Å². The Labute approximate surface area is 136 Å². The van der Waals surface area contributed by atoms with Gasteiger partial charge in [0.1, 0.15) is 0 Å². The molecule has 3 N–H and O–H groups in total. The number of carbonyl (C=O) groups excluding carboxylic acids is 2. The molecule has 24 heavy (non-hydrogen) atoms. The van der Waals surface area contributed by atoms with Gasteiger partial charge in [-0.2, -0.15) is 0 Å². The molecule has 0 unspecified atom stereocenters. The van der Waals surface area contributed by atoms with Gasteiger partial charge in [0, 0.05) is 23.7 Å². The van der Waals surface area contributed by atoms with E-state index in [1.54, 1.807) is 12.1 Å². The number of nitrogens with one attached hydrogen (secondary N) is 1. The van der Waals surface area contributed by atoms with Gasteiger partial charge in [-0.15, -0.1) is 0 Å². The summed E-state index contributed by atoms with van der Waals surface area (Å²) in [5.41, 5.74) is 0.0166. The molecule has 0 radical (unpaired) electrons. The van der Waals surface area contributed by atoms with Crippen molar-refractivity contribution in [3.05, 3.63) is 64.7 Å². The highest BCUT2D eigenvalue weighted by Gasteiger charge is 2.19. The second-order valence-electron chi connectivity index (χ2n) is 4.96. The van der Waals surface area contributed by atoms with Gasteiger partial charge in [0.05, 0.1) is 11.1 Å². The molecule has 0 spiro atoms. The SMILES string of the molecule is CC(=O)Nc1ccc(C(=O)c2ccc(C(=O)O)c(C(=O)O)c2)cc1. The Balaban J connectivity index is 2.36. The van der Waals surface area contributed by atoms with E-state index >= 15 is 0 Å². The monoisotopic (exact) mass is 327 g/mol. The third-order valence-electron chi connectivity index (χ3n) is 3.21. The third-order valence-corrected chi connectivity index (χ3v) is 3.21. The normalized spacial score (nSPS) is 10.0. The number of ketones is 1. The zero-order chi connectivity index (χ0) is 17.9. The average molecular weight is 327 g/mol. The lowest BCUT2D eigenvalue weighted by molar-refractivity contribution is -0.114. The number of benzene rings is 2. The van der Waals surface area contributed by atoms with Crippen LogP contribution in [-0.2, 0) is 4.79 Å². The quantitative estimate of drug-likeness (QED) is 0.724. The fourth-order valence-corrected chi connectivity index (χ4v) is 2.12. The number of carbonyl (C=O) groups is 4. The summed E-state index contributed by atoms with van der Waals surface area (Å²) in [6.07, 6.45) is 0. The van der Waals surface area contributed by atoms with Crippen LogP contribution in [0.15, 0.2) is 42.5 Å². The summed E-state index contributed by atoms with van der Waals surface area (Å²) in [6, 6.07) is 9.44. The number of hydrogen-bond donors (Lipinski definition) is 3. The summed E-state index contributed by atoms with van der Waals surface area (Å²) in [6.45, 7) is 1.36. The van der Waals surface area contributed by atoms with Crippen LogP contribution in [0.5, 0.6) is 0 Å². The van der Waals surface area contributed by atoms with Crippen LogP contribution in [0.2, 0.25) is 0 Å². The maximum absolute atomic E-state index is 12.4. The van der Waals surface area contributed by atoms with Gasteiger partial charge < -0.3 is 15.5 Å². The van der Waals surface area contributed by atoms with Crippen molar-refractivity contribution in [2.24, 2.45) is 0 Å². The van der Waals surface area contributed by atoms with Gasteiger partial charge in [0.2, 0.25) is 5.91 Å². The van der Waals surface area contributed by atoms with Crippen LogP contribution in [0.25, 0.3) is 0 Å². The molecule has 0 fully saturated rings. The first-order valence-corrected chi connectivity index (χ1v) is 6.82. The Morgan fingerprint density at radius 2 is 1.33 bits per heavy atom. The minimum absolute atomic E-state index is 0.0599. The van der Waals surface area contributed by atoms with E-state index in [4.69, 9.17) is 10.2 Å². The van der Waals surface area contributed by atoms with Gasteiger partial charge >= 0.3 is 11.9 Å². The highest BCUT2D eigenvalue weighted by molar-refractivity contribution is 6.11. The van der Waals surface area contributed by atoms with E-state index in [1.807, 2.05) is 0 Å². The average Bonchev–Trinajstić information content (AvgIpc) is 2.53. The van der Waals surface area contributed by atoms with Gasteiger partial charge in [-0.05, 0) is 36.4 Å². The largest absolute Gasteiger partial charge is 0.478 e. The standard InChI is InChI=1S/C17H13NO6/c1-9(19)18-12-5-2-10(3-6-12)15(20)11-4-7-13(16(21)22)14(8-11)17(23)24/h2-8H,1H3,(H,18,19)(H,21,22)(H,23,24). The van der Waals surface area contributed by atoms with E-state index in [0.29, 0.717) is 5.69 Å². The smallest absolute Gasteiger partial charge is 0.336 e. The highest BCUT2D eigenvalue weighted by Crippen LogP contribution is 2.18. The van der Waals surface area contributed by atoms with Crippen LogP contribution in [-0.4, -0.2) is 33.8 Å². The summed E-state index contributed by atoms with van der Waals surface area (Å²) >= 11 is 0. The number of aromatic carboxylic acids is 2. The zero-order valence-corrected chi connectivity index (χ0v) is 12.6. The molecule has 7 nitrogen and oxygen atoms in total. The number of hydrogen-bond acceptors (Lipinski definition) is 4. The molecule has 2 aromatic rings. The van der Waals surface area contributed by atoms with Crippen molar-refractivity contribution in [2.45, 2.75) is 6.92 Å². The van der Waals surface area contributed by atoms with E-state index in [-0.39, 0.29) is 22.6 Å². The second-order valence-corrected chi connectivity index (χ2v) is 4.96. The van der Waals surface area contributed by atoms with E-state index in [2.05, 4.69) is 5.32 Å². The van der Waals surface area contributed by atoms with Crippen molar-refractivity contribution in [1.29, 1.82) is 0 Å². The predicted molar refractivity (Wildman–Crippen MR) is 84.5 cm³/mol. The van der Waals surface area contributed by atoms with Crippen LogP contribution < -0.4 is 5.32 Å². The Morgan fingerprint density at radius 3 is 1.83 bits per heavy atom. The molecule has 7 heteroatoms. The molecule has 122 valence electrons. The molecule has 0 aliphatic heterocycles. The van der Waals surface area contributed by atoms with Crippen LogP contribution in [0.4, 0.5) is 5.69 Å². The van der Waals surface area contributed by atoms with Gasteiger partial charge in [0.25, 0.3) is 0 Å². The Bertz CT molecular complexity index is 839. The first-order chi connectivity index (χ1) is 11.3. The number of carboxylic acids is 2. The summed E-state index contributed by atoms with van der Waals surface area (Å²) in [4.78, 5) is 45.6. The molecule has 0 atom stereocenters. The minimum atomic E-state index is -1.43. The summed E-state index contributed by atoms with van der Waals surface area (Å²) in [5, 5.41) is 20.6. The maximum atomic E-state index is 12.4. The highest BCUT2D eigenvalue weighted by atomic mass is 16.4. The number of carboxylic acid groups (broad SMARTS) is 2. The lowest BCUT2D eigenvalue weighted by Gasteiger charge is -2.07. The molecular weight excluding hydrogens is 314 g/mol. The van der Waals surface area contributed by atoms with Gasteiger partial charge in [-0.25, -0.2) is 9.59 Å². The van der Waals surface area contributed by atoms with E-state index in [1.165, 1.54) is 25.1 Å². The fraction of sp³-hybridized carbons (Fsp3) is 0.0588. The molecule has 0 bridgehead atoms. The molecule has 0 aliphatic rings. The summed E-state index contributed by atoms with van der Waals surface area (Å²) in [5.74, 6) is -3.51. The summed E-state index contributed by atoms with van der Waals surface area (Å²) in [7, 11) is 0. The maximum Gasteiger partial charge on any atom is 0.336 e. The van der Waals surface area contributed by atoms with Crippen LogP contribution in [0, 0.1) is 0 Å². The van der Waals surface area contributed by atoms with Crippen molar-refractivity contribution >= 4 is 29.3 Å². The van der Waals surface area contributed by atoms with Gasteiger partial charge in [0.15, 0.2) is 5.78 Å². The van der Waals surface area contributed by atoms with Crippen molar-refractivity contribution < 1.29 is 29.4 Å². The first-order valence-electron chi connectivity index (χ1n) is 6.82. The molecule has 0 aromatic heterocycles. The van der Waals surface area contributed by atoms with Crippen LogP contribution in [0.1, 0.15) is 43.6 Å². The first kappa shape index (κ1) is 16.9. The van der Waals surface area contributed by atoms with Crippen molar-refractivity contribution in [2.75, 3.05) is 5.32 Å². The van der Waals surface area contributed by atoms with Gasteiger partial charge in [-0.3, -0.25) is 9.59 Å². The van der Waals surface area contributed by atoms with Gasteiger partial charge in [-0.1, -0.05) is 6.07 Å². The molecule has 0 saturated heterocycles. The zero-order valence-electron chi connectivity index (χ0n) is 12.6. The number of rotatable bonds is 5. The Morgan fingerprint density at radius 1 is 0.792 bits per heavy atom. The molecule has 2 rings (SSSR count). The molecule has 0 heterocycles. The van der Waals surface area contributed by atoms with E-state index in [0.717, 1.165) is 12.1 Å². The molecule has 2 aromatic carbocycles. The van der Waals surface area contributed by atoms with Crippen LogP contribution in [0.3, 0.4) is 0 Å². The third kappa shape index (κ3) is 3.64. The van der Waals surface area contributed by atoms with Crippen molar-refractivity contribution in [3.63, 3.8) is 0 Å². The molecule has 0 saturated carbocycles. The summed E-state index contributed by atoms with van der Waals surface area (Å²) < 4.78 is 0. The number of amides is 1. The molecule has 1 amide bonds. The lowest BCUT2D eigenvalue weighted by atomic mass is 9.98. The molecule has 0 aliphatic carbocycles. The second kappa shape index (κ2) is 6.74. The Hall–Kier alpha value is -3.48. The molecular formula is C17H13NO6. The predicted octanol–water partition coefficient (Wildman–Crippen LogP) is 2.27. The van der Waals surface area contributed by atoms with Crippen LogP contribution >= 0.6 is 0 Å². The minimum Gasteiger partial charge on any atom is -0.478 e. The van der Waals surface area contributed by atoms with E-state index < -0.39 is 23.3 Å². The van der Waals surface area contributed by atoms with Crippen molar-refractivity contribution in [3.8, 4) is 0 Å². The van der Waals surface area contributed by atoms with Crippen molar-refractivity contribution in [1.82, 2.24) is 0 Å². The Kier molecular flexibility index (Phi) is 4.74. The van der Waals surface area contributed by atoms with E-state index in [9.17, 15) is 19.2 Å².